The standard InChI is InChI=1S/C54H63N5O10S2/c1-37(2)47(49(61)58-33-40-23-19-18-22-39(40)32-46(58)48(60)57-45(50(62)63)30-31-71(55,66)67)59(52(65)68-35-38-20-10-6-11-21-38)34-44(56-51(64)69-53(3,4)5)36-70-54(41-24-12-7-13-25-41,42-26-14-8-15-27-42)43-28-16-9-17-29-43/h6-29,37,44-47H,30-36H2,1-5H3,(H,56,64)(H,57,60)(H,62,63)(H2,55,66,67)/t44-,45+,46+,47+/m1/s1. The Morgan fingerprint density at radius 1 is 0.775 bits per heavy atom. The summed E-state index contributed by atoms with van der Waals surface area (Å²) in [6, 6.07) is 41.0. The largest absolute Gasteiger partial charge is 0.480 e. The van der Waals surface area contributed by atoms with Crippen LogP contribution in [-0.2, 0) is 58.2 Å². The number of nitrogens with two attached hydrogens (primary N) is 1. The van der Waals surface area contributed by atoms with Crippen molar-refractivity contribution in [2.24, 2.45) is 11.1 Å². The van der Waals surface area contributed by atoms with E-state index in [0.717, 1.165) is 27.8 Å². The number of thioether (sulfide) groups is 1. The molecule has 0 radical (unpaired) electrons. The Morgan fingerprint density at radius 2 is 1.28 bits per heavy atom. The third-order valence-corrected chi connectivity index (χ3v) is 14.5. The molecule has 71 heavy (non-hydrogen) atoms. The average molecular weight is 1010 g/mol. The van der Waals surface area contributed by atoms with Gasteiger partial charge in [0.25, 0.3) is 0 Å². The van der Waals surface area contributed by atoms with Gasteiger partial charge in [-0.05, 0) is 66.5 Å². The van der Waals surface area contributed by atoms with Gasteiger partial charge in [0.2, 0.25) is 21.8 Å². The van der Waals surface area contributed by atoms with Gasteiger partial charge in [-0.3, -0.25) is 14.5 Å². The molecule has 0 spiro atoms. The second-order valence-corrected chi connectivity index (χ2v) is 21.8. The lowest BCUT2D eigenvalue weighted by Crippen LogP contribution is -2.62. The number of nitrogens with one attached hydrogen (secondary N) is 2. The van der Waals surface area contributed by atoms with Crippen LogP contribution in [0.4, 0.5) is 9.59 Å². The second-order valence-electron chi connectivity index (χ2n) is 18.8. The van der Waals surface area contributed by atoms with Crippen molar-refractivity contribution in [3.8, 4) is 0 Å². The van der Waals surface area contributed by atoms with Crippen molar-refractivity contribution >= 4 is 51.8 Å². The molecule has 5 N–H and O–H groups in total. The summed E-state index contributed by atoms with van der Waals surface area (Å²) in [4.78, 5) is 73.8. The smallest absolute Gasteiger partial charge is 0.410 e. The average Bonchev–Trinajstić information content (AvgIpc) is 3.34. The van der Waals surface area contributed by atoms with Gasteiger partial charge in [-0.1, -0.05) is 159 Å². The molecule has 4 amide bonds. The second kappa shape index (κ2) is 23.9. The molecular weight excluding hydrogens is 943 g/mol. The summed E-state index contributed by atoms with van der Waals surface area (Å²) in [6.45, 7) is 8.25. The molecule has 1 aliphatic heterocycles. The SMILES string of the molecule is CC(C)[C@@H](C(=O)N1Cc2ccccc2C[C@H]1C(=O)N[C@@H](CCS(N)(=O)=O)C(=O)O)N(C[C@H](CSC(c1ccccc1)(c1ccccc1)c1ccccc1)NC(=O)OC(C)(C)C)C(=O)OCc1ccccc1. The molecule has 6 rings (SSSR count). The van der Waals surface area contributed by atoms with Gasteiger partial charge in [0.15, 0.2) is 0 Å². The van der Waals surface area contributed by atoms with Crippen molar-refractivity contribution in [1.82, 2.24) is 20.4 Å². The number of benzene rings is 5. The summed E-state index contributed by atoms with van der Waals surface area (Å²) in [6.07, 6.45) is -2.15. The predicted molar refractivity (Wildman–Crippen MR) is 273 cm³/mol. The summed E-state index contributed by atoms with van der Waals surface area (Å²) >= 11 is 1.54. The van der Waals surface area contributed by atoms with Crippen LogP contribution in [-0.4, -0.2) is 101 Å². The van der Waals surface area contributed by atoms with E-state index in [9.17, 15) is 32.7 Å². The van der Waals surface area contributed by atoms with Gasteiger partial charge >= 0.3 is 18.2 Å². The minimum atomic E-state index is -4.08. The number of hydrogen-bond acceptors (Lipinski definition) is 10. The number of sulfonamides is 1. The lowest BCUT2D eigenvalue weighted by Gasteiger charge is -2.42. The first-order valence-corrected chi connectivity index (χ1v) is 26.1. The van der Waals surface area contributed by atoms with Crippen LogP contribution in [0.3, 0.4) is 0 Å². The van der Waals surface area contributed by atoms with Crippen LogP contribution in [0.5, 0.6) is 0 Å². The first-order chi connectivity index (χ1) is 33.8. The van der Waals surface area contributed by atoms with E-state index in [4.69, 9.17) is 14.6 Å². The summed E-state index contributed by atoms with van der Waals surface area (Å²) in [5, 5.41) is 20.7. The molecule has 15 nitrogen and oxygen atoms in total. The first-order valence-electron chi connectivity index (χ1n) is 23.4. The van der Waals surface area contributed by atoms with Crippen molar-refractivity contribution in [3.63, 3.8) is 0 Å². The van der Waals surface area contributed by atoms with E-state index in [0.29, 0.717) is 5.56 Å². The number of aliphatic carboxylic acids is 1. The molecule has 0 aliphatic carbocycles. The van der Waals surface area contributed by atoms with Gasteiger partial charge in [-0.15, -0.1) is 11.8 Å². The minimum Gasteiger partial charge on any atom is -0.480 e. The Hall–Kier alpha value is -6.69. The zero-order valence-electron chi connectivity index (χ0n) is 40.6. The third kappa shape index (κ3) is 14.5. The molecule has 1 aliphatic rings. The number of hydrogen-bond donors (Lipinski definition) is 4. The van der Waals surface area contributed by atoms with E-state index in [1.165, 1.54) is 21.6 Å². The van der Waals surface area contributed by atoms with Gasteiger partial charge in [0.05, 0.1) is 16.5 Å². The van der Waals surface area contributed by atoms with E-state index in [1.807, 2.05) is 109 Å². The van der Waals surface area contributed by atoms with Gasteiger partial charge in [0.1, 0.15) is 30.3 Å². The van der Waals surface area contributed by atoms with Crippen molar-refractivity contribution in [2.45, 2.75) is 95.1 Å². The Morgan fingerprint density at radius 3 is 1.77 bits per heavy atom. The van der Waals surface area contributed by atoms with Crippen LogP contribution < -0.4 is 15.8 Å². The maximum Gasteiger partial charge on any atom is 0.410 e. The Kier molecular flexibility index (Phi) is 18.1. The lowest BCUT2D eigenvalue weighted by atomic mass is 9.84. The molecule has 5 aromatic rings. The van der Waals surface area contributed by atoms with Gasteiger partial charge < -0.3 is 30.1 Å². The normalized spacial score (nSPS) is 15.1. The van der Waals surface area contributed by atoms with Gasteiger partial charge in [-0.2, -0.15) is 0 Å². The minimum absolute atomic E-state index is 0.0153. The van der Waals surface area contributed by atoms with E-state index in [-0.39, 0.29) is 31.9 Å². The number of carboxylic acids is 1. The zero-order chi connectivity index (χ0) is 51.3. The number of primary sulfonamides is 1. The molecule has 0 aromatic heterocycles. The number of carboxylic acid groups (broad SMARTS) is 1. The highest BCUT2D eigenvalue weighted by molar-refractivity contribution is 8.00. The summed E-state index contributed by atoms with van der Waals surface area (Å²) in [7, 11) is -4.08. The topological polar surface area (TPSA) is 215 Å². The van der Waals surface area contributed by atoms with E-state index in [1.54, 1.807) is 71.0 Å². The Balaban J connectivity index is 1.44. The molecule has 0 unspecified atom stereocenters. The highest BCUT2D eigenvalue weighted by Gasteiger charge is 2.45. The zero-order valence-corrected chi connectivity index (χ0v) is 42.2. The van der Waals surface area contributed by atoms with E-state index in [2.05, 4.69) is 10.6 Å². The highest BCUT2D eigenvalue weighted by Crippen LogP contribution is 2.48. The summed E-state index contributed by atoms with van der Waals surface area (Å²) in [5.74, 6) is -4.14. The molecule has 0 fully saturated rings. The Labute approximate surface area is 420 Å². The number of ether oxygens (including phenoxy) is 2. The molecule has 0 saturated carbocycles. The number of amides is 4. The Bertz CT molecular complexity index is 2610. The molecule has 376 valence electrons. The lowest BCUT2D eigenvalue weighted by molar-refractivity contribution is -0.148. The van der Waals surface area contributed by atoms with Gasteiger partial charge in [0, 0.05) is 25.3 Å². The van der Waals surface area contributed by atoms with Crippen LogP contribution in [0.25, 0.3) is 0 Å². The molecule has 0 bridgehead atoms. The van der Waals surface area contributed by atoms with Crippen LogP contribution in [0, 0.1) is 5.92 Å². The summed E-state index contributed by atoms with van der Waals surface area (Å²) in [5.41, 5.74) is 4.13. The van der Waals surface area contributed by atoms with Crippen LogP contribution >= 0.6 is 11.8 Å². The molecule has 4 atom stereocenters. The summed E-state index contributed by atoms with van der Waals surface area (Å²) < 4.78 is 34.7. The van der Waals surface area contributed by atoms with Crippen LogP contribution in [0.2, 0.25) is 0 Å². The third-order valence-electron chi connectivity index (χ3n) is 12.0. The molecular formula is C54H63N5O10S2. The molecule has 17 heteroatoms. The number of nitrogens with zero attached hydrogens (tertiary/aromatic N) is 2. The van der Waals surface area contributed by atoms with Crippen molar-refractivity contribution in [3.05, 3.63) is 179 Å². The molecule has 5 aromatic carbocycles. The van der Waals surface area contributed by atoms with Crippen LogP contribution in [0.15, 0.2) is 146 Å². The maximum absolute atomic E-state index is 15.6. The monoisotopic (exact) mass is 1010 g/mol. The first kappa shape index (κ1) is 53.7. The quantitative estimate of drug-likeness (QED) is 0.0561. The predicted octanol–water partition coefficient (Wildman–Crippen LogP) is 7.47. The van der Waals surface area contributed by atoms with E-state index < -0.39 is 92.6 Å². The number of carbonyl (C=O) groups excluding carboxylic acids is 4. The van der Waals surface area contributed by atoms with Crippen molar-refractivity contribution < 1.29 is 47.0 Å². The van der Waals surface area contributed by atoms with Crippen molar-refractivity contribution in [1.29, 1.82) is 0 Å². The number of rotatable bonds is 20. The fourth-order valence-electron chi connectivity index (χ4n) is 8.69. The number of carbonyl (C=O) groups is 5. The molecule has 1 heterocycles. The molecule has 0 saturated heterocycles. The fourth-order valence-corrected chi connectivity index (χ4v) is 10.8. The highest BCUT2D eigenvalue weighted by atomic mass is 32.2. The van der Waals surface area contributed by atoms with Crippen LogP contribution in [0.1, 0.15) is 74.4 Å². The number of fused-ring (bicyclic) bond motifs is 1. The maximum atomic E-state index is 15.6. The van der Waals surface area contributed by atoms with Crippen molar-refractivity contribution in [2.75, 3.05) is 18.1 Å². The van der Waals surface area contributed by atoms with Gasteiger partial charge in [-0.25, -0.2) is 27.9 Å². The fraction of sp³-hybridized carbons (Fsp3) is 0.352. The number of alkyl carbamates (subject to hydrolysis) is 1. The van der Waals surface area contributed by atoms with E-state index >= 15 is 4.79 Å².